The van der Waals surface area contributed by atoms with Gasteiger partial charge in [0.2, 0.25) is 0 Å². The predicted octanol–water partition coefficient (Wildman–Crippen LogP) is 2.88. The smallest absolute Gasteiger partial charge is 0.0378 e. The van der Waals surface area contributed by atoms with Crippen molar-refractivity contribution in [1.29, 1.82) is 0 Å². The maximum Gasteiger partial charge on any atom is 0.0378 e. The number of pyridine rings is 1. The Morgan fingerprint density at radius 3 is 2.95 bits per heavy atom. The van der Waals surface area contributed by atoms with Crippen LogP contribution in [0.25, 0.3) is 0 Å². The molecule has 0 aliphatic heterocycles. The molecule has 0 aliphatic carbocycles. The summed E-state index contributed by atoms with van der Waals surface area (Å²) in [6.07, 6.45) is 6.74. The Morgan fingerprint density at radius 2 is 2.26 bits per heavy atom. The first-order valence-electron chi connectivity index (χ1n) is 6.73. The number of thiophene rings is 1. The van der Waals surface area contributed by atoms with Crippen molar-refractivity contribution in [1.82, 2.24) is 10.3 Å². The summed E-state index contributed by atoms with van der Waals surface area (Å²) in [5, 5.41) is 5.74. The second-order valence-corrected chi connectivity index (χ2v) is 5.75. The Morgan fingerprint density at radius 1 is 1.37 bits per heavy atom. The number of aromatic nitrogens is 1. The number of hydrogen-bond donors (Lipinski definition) is 2. The molecule has 0 bridgehead atoms. The average molecular weight is 275 g/mol. The highest BCUT2D eigenvalue weighted by atomic mass is 32.1. The predicted molar refractivity (Wildman–Crippen MR) is 82.5 cm³/mol. The summed E-state index contributed by atoms with van der Waals surface area (Å²) in [5.74, 6) is 0. The van der Waals surface area contributed by atoms with Crippen molar-refractivity contribution in [3.63, 3.8) is 0 Å². The topological polar surface area (TPSA) is 50.9 Å². The molecule has 0 saturated heterocycles. The van der Waals surface area contributed by atoms with E-state index in [0.717, 1.165) is 37.1 Å². The summed E-state index contributed by atoms with van der Waals surface area (Å²) < 4.78 is 0. The molecule has 2 aromatic rings. The fourth-order valence-electron chi connectivity index (χ4n) is 2.11. The summed E-state index contributed by atoms with van der Waals surface area (Å²) in [6.45, 7) is 3.23. The Bertz CT molecular complexity index is 482. The first-order valence-corrected chi connectivity index (χ1v) is 7.61. The molecular weight excluding hydrogens is 254 g/mol. The van der Waals surface area contributed by atoms with E-state index in [2.05, 4.69) is 34.7 Å². The summed E-state index contributed by atoms with van der Waals surface area (Å²) in [4.78, 5) is 5.58. The second-order valence-electron chi connectivity index (χ2n) is 4.71. The van der Waals surface area contributed by atoms with Gasteiger partial charge in [-0.15, -0.1) is 11.3 Å². The molecule has 4 heteroatoms. The number of nitrogens with two attached hydrogens (primary N) is 1. The van der Waals surface area contributed by atoms with Crippen molar-refractivity contribution in [3.8, 4) is 0 Å². The molecule has 2 heterocycles. The zero-order valence-corrected chi connectivity index (χ0v) is 12.1. The summed E-state index contributed by atoms with van der Waals surface area (Å²) in [6, 6.07) is 6.59. The van der Waals surface area contributed by atoms with Gasteiger partial charge in [0, 0.05) is 29.0 Å². The van der Waals surface area contributed by atoms with E-state index in [1.165, 1.54) is 4.88 Å². The van der Waals surface area contributed by atoms with E-state index in [1.54, 1.807) is 6.20 Å². The molecule has 1 unspecified atom stereocenters. The second kappa shape index (κ2) is 7.26. The van der Waals surface area contributed by atoms with E-state index in [-0.39, 0.29) is 0 Å². The highest BCUT2D eigenvalue weighted by molar-refractivity contribution is 7.09. The van der Waals surface area contributed by atoms with E-state index in [1.807, 2.05) is 23.6 Å². The van der Waals surface area contributed by atoms with Gasteiger partial charge in [0.1, 0.15) is 0 Å². The van der Waals surface area contributed by atoms with Crippen molar-refractivity contribution in [2.24, 2.45) is 0 Å². The molecule has 2 aromatic heterocycles. The van der Waals surface area contributed by atoms with Gasteiger partial charge in [-0.25, -0.2) is 0 Å². The van der Waals surface area contributed by atoms with Crippen LogP contribution in [-0.2, 0) is 12.8 Å². The number of anilines is 1. The third-order valence-corrected chi connectivity index (χ3v) is 4.02. The number of rotatable bonds is 7. The van der Waals surface area contributed by atoms with Crippen LogP contribution in [0.5, 0.6) is 0 Å². The molecule has 0 aliphatic rings. The third kappa shape index (κ3) is 4.33. The standard InChI is InChI=1S/C15H21N3S/c1-2-6-18-13(10-14-4-3-8-19-14)9-12-11-17-7-5-15(12)16/h3-5,7-8,11,13,18H,2,6,9-10H2,1H3,(H2,16,17). The van der Waals surface area contributed by atoms with E-state index >= 15 is 0 Å². The van der Waals surface area contributed by atoms with Gasteiger partial charge < -0.3 is 11.1 Å². The molecule has 2 rings (SSSR count). The lowest BCUT2D eigenvalue weighted by atomic mass is 10.0. The fraction of sp³-hybridized carbons (Fsp3) is 0.400. The maximum absolute atomic E-state index is 6.01. The zero-order chi connectivity index (χ0) is 13.5. The van der Waals surface area contributed by atoms with Crippen LogP contribution < -0.4 is 11.1 Å². The van der Waals surface area contributed by atoms with Crippen molar-refractivity contribution >= 4 is 17.0 Å². The molecule has 0 fully saturated rings. The molecule has 0 radical (unpaired) electrons. The van der Waals surface area contributed by atoms with Crippen molar-refractivity contribution < 1.29 is 0 Å². The van der Waals surface area contributed by atoms with Gasteiger partial charge in [0.15, 0.2) is 0 Å². The van der Waals surface area contributed by atoms with Crippen LogP contribution in [0.3, 0.4) is 0 Å². The summed E-state index contributed by atoms with van der Waals surface area (Å²) in [7, 11) is 0. The van der Waals surface area contributed by atoms with Crippen molar-refractivity contribution in [3.05, 3.63) is 46.4 Å². The monoisotopic (exact) mass is 275 g/mol. The summed E-state index contributed by atoms with van der Waals surface area (Å²) in [5.41, 5.74) is 7.98. The first-order chi connectivity index (χ1) is 9.29. The van der Waals surface area contributed by atoms with Gasteiger partial charge in [0.05, 0.1) is 0 Å². The zero-order valence-electron chi connectivity index (χ0n) is 11.3. The van der Waals surface area contributed by atoms with Gasteiger partial charge in [-0.3, -0.25) is 4.98 Å². The molecule has 0 spiro atoms. The van der Waals surface area contributed by atoms with Gasteiger partial charge in [-0.05, 0) is 48.9 Å². The Labute approximate surface area is 118 Å². The van der Waals surface area contributed by atoms with Crippen LogP contribution in [-0.4, -0.2) is 17.6 Å². The largest absolute Gasteiger partial charge is 0.398 e. The lowest BCUT2D eigenvalue weighted by molar-refractivity contribution is 0.507. The Kier molecular flexibility index (Phi) is 5.36. The number of nitrogen functional groups attached to an aromatic ring is 1. The number of hydrogen-bond acceptors (Lipinski definition) is 4. The minimum Gasteiger partial charge on any atom is -0.398 e. The average Bonchev–Trinajstić information content (AvgIpc) is 2.91. The normalized spacial score (nSPS) is 12.5. The number of nitrogens with zero attached hydrogens (tertiary/aromatic N) is 1. The van der Waals surface area contributed by atoms with E-state index in [0.29, 0.717) is 6.04 Å². The quantitative estimate of drug-likeness (QED) is 0.817. The molecule has 1 atom stereocenters. The molecule has 19 heavy (non-hydrogen) atoms. The lowest BCUT2D eigenvalue weighted by Crippen LogP contribution is -2.33. The Hall–Kier alpha value is -1.39. The SMILES string of the molecule is CCCNC(Cc1cccs1)Cc1cnccc1N. The highest BCUT2D eigenvalue weighted by Crippen LogP contribution is 2.16. The van der Waals surface area contributed by atoms with Crippen LogP contribution in [0.4, 0.5) is 5.69 Å². The van der Waals surface area contributed by atoms with Crippen LogP contribution >= 0.6 is 11.3 Å². The molecular formula is C15H21N3S. The van der Waals surface area contributed by atoms with Gasteiger partial charge in [-0.2, -0.15) is 0 Å². The molecule has 3 N–H and O–H groups in total. The minimum atomic E-state index is 0.421. The maximum atomic E-state index is 6.01. The molecule has 3 nitrogen and oxygen atoms in total. The van der Waals surface area contributed by atoms with Crippen LogP contribution in [0.15, 0.2) is 36.0 Å². The van der Waals surface area contributed by atoms with E-state index < -0.39 is 0 Å². The van der Waals surface area contributed by atoms with Crippen LogP contribution in [0, 0.1) is 0 Å². The molecule has 0 saturated carbocycles. The van der Waals surface area contributed by atoms with Gasteiger partial charge in [-0.1, -0.05) is 13.0 Å². The molecule has 0 aromatic carbocycles. The third-order valence-electron chi connectivity index (χ3n) is 3.12. The first kappa shape index (κ1) is 14.0. The lowest BCUT2D eigenvalue weighted by Gasteiger charge is -2.18. The van der Waals surface area contributed by atoms with Crippen LogP contribution in [0.2, 0.25) is 0 Å². The Balaban J connectivity index is 2.03. The van der Waals surface area contributed by atoms with Gasteiger partial charge in [0.25, 0.3) is 0 Å². The van der Waals surface area contributed by atoms with Crippen LogP contribution in [0.1, 0.15) is 23.8 Å². The van der Waals surface area contributed by atoms with E-state index in [9.17, 15) is 0 Å². The minimum absolute atomic E-state index is 0.421. The molecule has 102 valence electrons. The van der Waals surface area contributed by atoms with Crippen molar-refractivity contribution in [2.75, 3.05) is 12.3 Å². The molecule has 0 amide bonds. The van der Waals surface area contributed by atoms with Gasteiger partial charge >= 0.3 is 0 Å². The fourth-order valence-corrected chi connectivity index (χ4v) is 2.90. The van der Waals surface area contributed by atoms with Crippen molar-refractivity contribution in [2.45, 2.75) is 32.2 Å². The summed E-state index contributed by atoms with van der Waals surface area (Å²) >= 11 is 1.81. The van der Waals surface area contributed by atoms with E-state index in [4.69, 9.17) is 5.73 Å². The highest BCUT2D eigenvalue weighted by Gasteiger charge is 2.12. The number of nitrogens with one attached hydrogen (secondary N) is 1.